The van der Waals surface area contributed by atoms with Crippen LogP contribution in [0.3, 0.4) is 0 Å². The topological polar surface area (TPSA) is 90.2 Å². The molecule has 0 amide bonds. The van der Waals surface area contributed by atoms with Crippen LogP contribution in [0, 0.1) is 16.0 Å². The lowest BCUT2D eigenvalue weighted by molar-refractivity contribution is -0.389. The monoisotopic (exact) mass is 469 g/mol. The highest BCUT2D eigenvalue weighted by Crippen LogP contribution is 2.33. The van der Waals surface area contributed by atoms with Gasteiger partial charge in [0.2, 0.25) is 5.76 Å². The number of aromatic nitrogens is 3. The second-order valence-corrected chi connectivity index (χ2v) is 8.17. The summed E-state index contributed by atoms with van der Waals surface area (Å²) in [5, 5.41) is 10.9. The number of nitro groups is 1. The van der Waals surface area contributed by atoms with Gasteiger partial charge in [0.05, 0.1) is 0 Å². The summed E-state index contributed by atoms with van der Waals surface area (Å²) in [6, 6.07) is 5.70. The summed E-state index contributed by atoms with van der Waals surface area (Å²) in [6.07, 6.45) is -2.55. The number of imidazole rings is 1. The van der Waals surface area contributed by atoms with E-state index in [1.54, 1.807) is 10.6 Å². The molecule has 170 valence electrons. The molecule has 0 saturated heterocycles. The van der Waals surface area contributed by atoms with Crippen molar-refractivity contribution in [3.63, 3.8) is 0 Å². The molecule has 0 spiro atoms. The average Bonchev–Trinajstić information content (AvgIpc) is 3.35. The first-order valence-electron chi connectivity index (χ1n) is 9.86. The summed E-state index contributed by atoms with van der Waals surface area (Å²) in [4.78, 5) is 20.7. The minimum Gasteiger partial charge on any atom is -0.450 e. The van der Waals surface area contributed by atoms with Crippen LogP contribution in [0.2, 0.25) is 5.28 Å². The molecule has 0 bridgehead atoms. The third-order valence-corrected chi connectivity index (χ3v) is 5.55. The van der Waals surface area contributed by atoms with Gasteiger partial charge in [-0.05, 0) is 51.2 Å². The van der Waals surface area contributed by atoms with E-state index in [2.05, 4.69) is 14.9 Å². The first-order valence-corrected chi connectivity index (χ1v) is 10.2. The van der Waals surface area contributed by atoms with Gasteiger partial charge in [-0.15, -0.1) is 0 Å². The Labute approximate surface area is 185 Å². The zero-order valence-electron chi connectivity index (χ0n) is 17.0. The maximum Gasteiger partial charge on any atom is 0.449 e. The first kappa shape index (κ1) is 22.3. The minimum absolute atomic E-state index is 0.0795. The summed E-state index contributed by atoms with van der Waals surface area (Å²) in [6.45, 7) is 4.62. The molecule has 3 aromatic rings. The summed E-state index contributed by atoms with van der Waals surface area (Å²) < 4.78 is 44.8. The van der Waals surface area contributed by atoms with Gasteiger partial charge < -0.3 is 14.5 Å². The van der Waals surface area contributed by atoms with E-state index in [-0.39, 0.29) is 22.8 Å². The van der Waals surface area contributed by atoms with Crippen molar-refractivity contribution in [2.75, 3.05) is 13.1 Å². The van der Waals surface area contributed by atoms with Crippen LogP contribution in [0.5, 0.6) is 0 Å². The summed E-state index contributed by atoms with van der Waals surface area (Å²) >= 11 is 5.99. The van der Waals surface area contributed by atoms with Crippen LogP contribution in [-0.2, 0) is 25.7 Å². The number of rotatable bonds is 6. The second kappa shape index (κ2) is 8.55. The Balaban J connectivity index is 1.40. The molecule has 1 atom stereocenters. The lowest BCUT2D eigenvalue weighted by Gasteiger charge is -2.30. The van der Waals surface area contributed by atoms with E-state index in [1.807, 2.05) is 13.0 Å². The molecule has 0 saturated carbocycles. The lowest BCUT2D eigenvalue weighted by Crippen LogP contribution is -2.35. The molecule has 0 aromatic carbocycles. The molecule has 0 aliphatic carbocycles. The Kier molecular flexibility index (Phi) is 5.95. The predicted octanol–water partition coefficient (Wildman–Crippen LogP) is 4.81. The molecule has 4 heterocycles. The Hall–Kier alpha value is -2.92. The minimum atomic E-state index is -4.53. The number of hydrogen-bond donors (Lipinski definition) is 0. The van der Waals surface area contributed by atoms with Crippen molar-refractivity contribution < 1.29 is 22.5 Å². The molecule has 0 unspecified atom stereocenters. The molecular formula is C20H19ClF3N5O3. The van der Waals surface area contributed by atoms with Crippen molar-refractivity contribution in [3.05, 3.63) is 62.9 Å². The van der Waals surface area contributed by atoms with Gasteiger partial charge in [0.1, 0.15) is 11.9 Å². The van der Waals surface area contributed by atoms with Crippen molar-refractivity contribution in [1.82, 2.24) is 19.4 Å². The highest BCUT2D eigenvalue weighted by atomic mass is 35.5. The van der Waals surface area contributed by atoms with E-state index >= 15 is 0 Å². The van der Waals surface area contributed by atoms with Crippen molar-refractivity contribution in [2.45, 2.75) is 32.6 Å². The molecule has 32 heavy (non-hydrogen) atoms. The van der Waals surface area contributed by atoms with Crippen molar-refractivity contribution in [3.8, 4) is 11.5 Å². The van der Waals surface area contributed by atoms with Crippen LogP contribution in [0.15, 0.2) is 34.9 Å². The maximum absolute atomic E-state index is 12.8. The SMILES string of the molecule is C[C@H](CN1CCc2nc(-c3ccc(C(F)(F)F)o3)ccc2C1)Cn1cc([N+](=O)[O-])nc1Cl. The fraction of sp³-hybridized carbons (Fsp3) is 0.400. The number of nitrogens with zero attached hydrogens (tertiary/aromatic N) is 5. The summed E-state index contributed by atoms with van der Waals surface area (Å²) in [7, 11) is 0. The van der Waals surface area contributed by atoms with Crippen molar-refractivity contribution in [2.24, 2.45) is 5.92 Å². The fourth-order valence-corrected chi connectivity index (χ4v) is 4.03. The van der Waals surface area contributed by atoms with Gasteiger partial charge in [0.25, 0.3) is 0 Å². The Bertz CT molecular complexity index is 1140. The van der Waals surface area contributed by atoms with Gasteiger partial charge in [-0.1, -0.05) is 13.0 Å². The molecule has 12 heteroatoms. The molecule has 3 aromatic heterocycles. The number of alkyl halides is 3. The quantitative estimate of drug-likeness (QED) is 0.380. The number of halogens is 4. The van der Waals surface area contributed by atoms with Gasteiger partial charge >= 0.3 is 17.3 Å². The fourth-order valence-electron chi connectivity index (χ4n) is 3.83. The lowest BCUT2D eigenvalue weighted by atomic mass is 10.0. The Morgan fingerprint density at radius 3 is 2.69 bits per heavy atom. The van der Waals surface area contributed by atoms with Crippen LogP contribution in [0.1, 0.15) is 23.9 Å². The van der Waals surface area contributed by atoms with Crippen LogP contribution < -0.4 is 0 Å². The summed E-state index contributed by atoms with van der Waals surface area (Å²) in [5.74, 6) is -1.09. The number of hydrogen-bond acceptors (Lipinski definition) is 6. The molecule has 1 aliphatic rings. The largest absolute Gasteiger partial charge is 0.450 e. The van der Waals surface area contributed by atoms with E-state index in [9.17, 15) is 23.3 Å². The molecule has 4 rings (SSSR count). The van der Waals surface area contributed by atoms with Gasteiger partial charge in [-0.25, -0.2) is 4.98 Å². The molecule has 1 aliphatic heterocycles. The molecule has 0 N–H and O–H groups in total. The van der Waals surface area contributed by atoms with Crippen LogP contribution in [0.25, 0.3) is 11.5 Å². The van der Waals surface area contributed by atoms with E-state index in [4.69, 9.17) is 16.0 Å². The molecule has 0 fully saturated rings. The normalized spacial score (nSPS) is 15.5. The van der Waals surface area contributed by atoms with E-state index in [0.717, 1.165) is 30.4 Å². The van der Waals surface area contributed by atoms with Crippen LogP contribution in [-0.4, -0.2) is 37.4 Å². The number of fused-ring (bicyclic) bond motifs is 1. The first-order chi connectivity index (χ1) is 15.1. The number of furan rings is 1. The number of pyridine rings is 1. The second-order valence-electron chi connectivity index (χ2n) is 7.83. The summed E-state index contributed by atoms with van der Waals surface area (Å²) in [5.41, 5.74) is 2.22. The molecule has 8 nitrogen and oxygen atoms in total. The van der Waals surface area contributed by atoms with Gasteiger partial charge in [-0.3, -0.25) is 9.47 Å². The third kappa shape index (κ3) is 4.78. The maximum atomic E-state index is 12.8. The van der Waals surface area contributed by atoms with E-state index < -0.39 is 16.9 Å². The Morgan fingerprint density at radius 1 is 1.25 bits per heavy atom. The van der Waals surface area contributed by atoms with Gasteiger partial charge in [0, 0.05) is 38.3 Å². The van der Waals surface area contributed by atoms with Crippen LogP contribution in [0.4, 0.5) is 19.0 Å². The van der Waals surface area contributed by atoms with E-state index in [1.165, 1.54) is 12.3 Å². The zero-order valence-corrected chi connectivity index (χ0v) is 17.7. The van der Waals surface area contributed by atoms with Crippen LogP contribution >= 0.6 is 11.6 Å². The zero-order chi connectivity index (χ0) is 23.0. The average molecular weight is 470 g/mol. The van der Waals surface area contributed by atoms with Gasteiger partial charge in [-0.2, -0.15) is 13.2 Å². The Morgan fingerprint density at radius 2 is 2.03 bits per heavy atom. The van der Waals surface area contributed by atoms with Crippen molar-refractivity contribution in [1.29, 1.82) is 0 Å². The molecular weight excluding hydrogens is 451 g/mol. The third-order valence-electron chi connectivity index (χ3n) is 5.25. The standard InChI is InChI=1S/C20H19ClF3N5O3/c1-12(9-28-11-18(29(30)31)26-19(28)21)8-27-7-6-14-13(10-27)2-3-15(25-14)16-4-5-17(32-16)20(22,23)24/h2-5,11-12H,6-10H2,1H3/t12-/m1/s1. The molecule has 0 radical (unpaired) electrons. The highest BCUT2D eigenvalue weighted by molar-refractivity contribution is 6.28. The highest BCUT2D eigenvalue weighted by Gasteiger charge is 2.35. The van der Waals surface area contributed by atoms with Gasteiger partial charge in [0.15, 0.2) is 5.76 Å². The smallest absolute Gasteiger partial charge is 0.449 e. The predicted molar refractivity (Wildman–Crippen MR) is 109 cm³/mol. The van der Waals surface area contributed by atoms with E-state index in [0.29, 0.717) is 25.2 Å². The van der Waals surface area contributed by atoms with Crippen molar-refractivity contribution >= 4 is 17.4 Å².